The summed E-state index contributed by atoms with van der Waals surface area (Å²) in [6.45, 7) is 10.5. The Bertz CT molecular complexity index is 212. The van der Waals surface area contributed by atoms with Crippen molar-refractivity contribution in [3.63, 3.8) is 0 Å². The van der Waals surface area contributed by atoms with E-state index in [2.05, 4.69) is 12.2 Å². The third-order valence-electron chi connectivity index (χ3n) is 4.07. The molecule has 0 atom stereocenters. The number of nitrogens with zero attached hydrogens (tertiary/aromatic N) is 1. The fourth-order valence-corrected chi connectivity index (χ4v) is 2.59. The molecule has 0 unspecified atom stereocenters. The van der Waals surface area contributed by atoms with Crippen LogP contribution in [0.25, 0.3) is 0 Å². The van der Waals surface area contributed by atoms with Gasteiger partial charge in [0.15, 0.2) is 0 Å². The first-order valence-electron chi connectivity index (χ1n) is 9.24. The van der Waals surface area contributed by atoms with Gasteiger partial charge in [-0.2, -0.15) is 0 Å². The second-order valence-electron chi connectivity index (χ2n) is 5.89. The van der Waals surface area contributed by atoms with E-state index >= 15 is 0 Å². The van der Waals surface area contributed by atoms with Crippen molar-refractivity contribution in [1.82, 2.24) is 10.2 Å². The average Bonchev–Trinajstić information content (AvgIpc) is 2.54. The van der Waals surface area contributed by atoms with E-state index in [1.807, 2.05) is 18.7 Å². The third kappa shape index (κ3) is 12.9. The number of carbonyl (C=O) groups is 1. The van der Waals surface area contributed by atoms with Crippen molar-refractivity contribution in [2.45, 2.75) is 85.0 Å². The van der Waals surface area contributed by atoms with Crippen molar-refractivity contribution in [3.8, 4) is 0 Å². The molecule has 126 valence electrons. The Balaban J connectivity index is 0.000000547. The molecule has 0 saturated carbocycles. The molecule has 0 aromatic rings. The molecule has 0 bridgehead atoms. The van der Waals surface area contributed by atoms with Crippen LogP contribution in [0.2, 0.25) is 0 Å². The van der Waals surface area contributed by atoms with Crippen LogP contribution in [0.3, 0.4) is 0 Å². The third-order valence-corrected chi connectivity index (χ3v) is 4.07. The van der Waals surface area contributed by atoms with Crippen LogP contribution in [0.15, 0.2) is 0 Å². The predicted octanol–water partition coefficient (Wildman–Crippen LogP) is 4.37. The molecule has 1 saturated heterocycles. The van der Waals surface area contributed by atoms with Gasteiger partial charge in [-0.1, -0.05) is 45.4 Å². The molecular formula is C18H38N2O. The number of unbranched alkanes of at least 4 members (excludes halogenated alkanes) is 5. The molecule has 1 N–H and O–H groups in total. The van der Waals surface area contributed by atoms with Gasteiger partial charge in [-0.05, 0) is 46.2 Å². The van der Waals surface area contributed by atoms with E-state index in [0.717, 1.165) is 25.9 Å². The molecule has 0 spiro atoms. The van der Waals surface area contributed by atoms with Crippen LogP contribution in [0.1, 0.15) is 85.0 Å². The van der Waals surface area contributed by atoms with E-state index in [1.54, 1.807) is 0 Å². The summed E-state index contributed by atoms with van der Waals surface area (Å²) in [4.78, 5) is 13.5. The molecule has 0 aromatic heterocycles. The lowest BCUT2D eigenvalue weighted by Crippen LogP contribution is -2.30. The molecule has 0 aromatic carbocycles. The lowest BCUT2D eigenvalue weighted by Gasteiger charge is -2.18. The number of hydrogen-bond donors (Lipinski definition) is 1. The van der Waals surface area contributed by atoms with Crippen molar-refractivity contribution in [2.24, 2.45) is 0 Å². The summed E-state index contributed by atoms with van der Waals surface area (Å²) in [5.41, 5.74) is 0. The quantitative estimate of drug-likeness (QED) is 0.641. The van der Waals surface area contributed by atoms with E-state index in [4.69, 9.17) is 0 Å². The van der Waals surface area contributed by atoms with Crippen LogP contribution in [-0.4, -0.2) is 37.0 Å². The van der Waals surface area contributed by atoms with Gasteiger partial charge in [0.2, 0.25) is 5.91 Å². The Morgan fingerprint density at radius 1 is 0.857 bits per heavy atom. The summed E-state index contributed by atoms with van der Waals surface area (Å²) < 4.78 is 0. The fourth-order valence-electron chi connectivity index (χ4n) is 2.59. The Morgan fingerprint density at radius 2 is 1.43 bits per heavy atom. The second kappa shape index (κ2) is 15.8. The number of rotatable bonds is 9. The van der Waals surface area contributed by atoms with Gasteiger partial charge in [0.05, 0.1) is 0 Å². The first-order chi connectivity index (χ1) is 10.3. The highest BCUT2D eigenvalue weighted by Gasteiger charge is 2.07. The molecule has 0 aliphatic carbocycles. The van der Waals surface area contributed by atoms with Gasteiger partial charge in [-0.15, -0.1) is 0 Å². The first kappa shape index (κ1) is 20.4. The second-order valence-corrected chi connectivity index (χ2v) is 5.89. The number of nitrogens with one attached hydrogen (secondary N) is 1. The largest absolute Gasteiger partial charge is 0.343 e. The summed E-state index contributed by atoms with van der Waals surface area (Å²) in [5, 5.41) is 3.28. The molecular weight excluding hydrogens is 260 g/mol. The molecule has 1 amide bonds. The summed E-state index contributed by atoms with van der Waals surface area (Å²) in [6.07, 6.45) is 12.5. The van der Waals surface area contributed by atoms with Crippen LogP contribution in [0, 0.1) is 0 Å². The van der Waals surface area contributed by atoms with Gasteiger partial charge >= 0.3 is 0 Å². The minimum Gasteiger partial charge on any atom is -0.343 e. The Hall–Kier alpha value is -0.570. The van der Waals surface area contributed by atoms with Gasteiger partial charge in [-0.25, -0.2) is 0 Å². The van der Waals surface area contributed by atoms with Gasteiger partial charge in [0.25, 0.3) is 0 Å². The van der Waals surface area contributed by atoms with Crippen LogP contribution < -0.4 is 5.32 Å². The van der Waals surface area contributed by atoms with Gasteiger partial charge < -0.3 is 10.2 Å². The molecule has 1 aliphatic rings. The van der Waals surface area contributed by atoms with Gasteiger partial charge in [0, 0.05) is 19.5 Å². The smallest absolute Gasteiger partial charge is 0.222 e. The number of amides is 1. The van der Waals surface area contributed by atoms with Crippen LogP contribution in [-0.2, 0) is 4.79 Å². The zero-order valence-electron chi connectivity index (χ0n) is 14.8. The normalized spacial score (nSPS) is 14.2. The highest BCUT2D eigenvalue weighted by molar-refractivity contribution is 5.75. The van der Waals surface area contributed by atoms with E-state index < -0.39 is 0 Å². The molecule has 1 aliphatic heterocycles. The lowest BCUT2D eigenvalue weighted by molar-refractivity contribution is -0.130. The maximum absolute atomic E-state index is 11.6. The molecule has 1 heterocycles. The molecule has 1 fully saturated rings. The maximum atomic E-state index is 11.6. The van der Waals surface area contributed by atoms with Crippen molar-refractivity contribution in [1.29, 1.82) is 0 Å². The predicted molar refractivity (Wildman–Crippen MR) is 92.6 cm³/mol. The highest BCUT2D eigenvalue weighted by atomic mass is 16.2. The molecule has 1 rings (SSSR count). The average molecular weight is 299 g/mol. The van der Waals surface area contributed by atoms with Crippen LogP contribution in [0.5, 0.6) is 0 Å². The minimum atomic E-state index is 0.329. The Labute approximate surface area is 132 Å². The minimum absolute atomic E-state index is 0.329. The molecule has 3 heteroatoms. The summed E-state index contributed by atoms with van der Waals surface area (Å²) >= 11 is 0. The van der Waals surface area contributed by atoms with Gasteiger partial charge in [0.1, 0.15) is 0 Å². The van der Waals surface area contributed by atoms with Crippen LogP contribution in [0.4, 0.5) is 0 Å². The van der Waals surface area contributed by atoms with E-state index in [0.29, 0.717) is 5.91 Å². The molecule has 0 radical (unpaired) electrons. The SMILES string of the molecule is C1CCNCC1.CCCCCCCCC(=O)N(CC)CC. The Kier molecular flexibility index (Phi) is 15.4. The highest BCUT2D eigenvalue weighted by Crippen LogP contribution is 2.08. The summed E-state index contributed by atoms with van der Waals surface area (Å²) in [7, 11) is 0. The van der Waals surface area contributed by atoms with E-state index in [-0.39, 0.29) is 0 Å². The van der Waals surface area contributed by atoms with E-state index in [9.17, 15) is 4.79 Å². The number of hydrogen-bond acceptors (Lipinski definition) is 2. The van der Waals surface area contributed by atoms with Crippen molar-refractivity contribution < 1.29 is 4.79 Å². The number of carbonyl (C=O) groups excluding carboxylic acids is 1. The molecule has 3 nitrogen and oxygen atoms in total. The van der Waals surface area contributed by atoms with Gasteiger partial charge in [-0.3, -0.25) is 4.79 Å². The summed E-state index contributed by atoms with van der Waals surface area (Å²) in [5.74, 6) is 0.329. The first-order valence-corrected chi connectivity index (χ1v) is 9.24. The fraction of sp³-hybridized carbons (Fsp3) is 0.944. The van der Waals surface area contributed by atoms with Crippen LogP contribution >= 0.6 is 0 Å². The van der Waals surface area contributed by atoms with Crippen molar-refractivity contribution in [2.75, 3.05) is 26.2 Å². The molecule has 21 heavy (non-hydrogen) atoms. The van der Waals surface area contributed by atoms with E-state index in [1.165, 1.54) is 64.5 Å². The standard InChI is InChI=1S/C13H27NO.C5H11N/c1-4-7-8-9-10-11-12-13(15)14(5-2)6-3;1-2-4-6-5-3-1/h4-12H2,1-3H3;6H,1-5H2. The topological polar surface area (TPSA) is 32.3 Å². The zero-order chi connectivity index (χ0) is 15.8. The number of piperidine rings is 1. The summed E-state index contributed by atoms with van der Waals surface area (Å²) in [6, 6.07) is 0. The monoisotopic (exact) mass is 298 g/mol. The van der Waals surface area contributed by atoms with Crippen molar-refractivity contribution >= 4 is 5.91 Å². The maximum Gasteiger partial charge on any atom is 0.222 e. The lowest BCUT2D eigenvalue weighted by atomic mass is 10.1. The van der Waals surface area contributed by atoms with Crippen molar-refractivity contribution in [3.05, 3.63) is 0 Å². The zero-order valence-corrected chi connectivity index (χ0v) is 14.8. The Morgan fingerprint density at radius 3 is 1.86 bits per heavy atom.